The van der Waals surface area contributed by atoms with Crippen molar-refractivity contribution < 1.29 is 5.11 Å². The zero-order valence-corrected chi connectivity index (χ0v) is 14.7. The van der Waals surface area contributed by atoms with Crippen LogP contribution in [0.4, 0.5) is 5.69 Å². The van der Waals surface area contributed by atoms with Gasteiger partial charge in [-0.3, -0.25) is 0 Å². The molecule has 0 radical (unpaired) electrons. The van der Waals surface area contributed by atoms with Gasteiger partial charge < -0.3 is 10.0 Å². The van der Waals surface area contributed by atoms with Gasteiger partial charge in [-0.1, -0.05) is 30.4 Å². The lowest BCUT2D eigenvalue weighted by molar-refractivity contribution is 0.159. The summed E-state index contributed by atoms with van der Waals surface area (Å²) in [4.78, 5) is 2.10. The molecule has 4 heteroatoms. The van der Waals surface area contributed by atoms with Crippen molar-refractivity contribution in [2.24, 2.45) is 0 Å². The van der Waals surface area contributed by atoms with Crippen molar-refractivity contribution in [3.05, 3.63) is 68.6 Å². The van der Waals surface area contributed by atoms with Gasteiger partial charge in [0.05, 0.1) is 6.04 Å². The zero-order chi connectivity index (χ0) is 15.0. The molecule has 0 aromatic heterocycles. The Morgan fingerprint density at radius 2 is 1.71 bits per heavy atom. The fourth-order valence-corrected chi connectivity index (χ4v) is 3.37. The molecule has 0 aliphatic heterocycles. The van der Waals surface area contributed by atoms with Crippen LogP contribution in [-0.2, 0) is 0 Å². The minimum Gasteiger partial charge on any atom is -0.386 e. The van der Waals surface area contributed by atoms with Crippen LogP contribution < -0.4 is 4.90 Å². The molecule has 2 nitrogen and oxygen atoms in total. The van der Waals surface area contributed by atoms with Crippen molar-refractivity contribution >= 4 is 43.6 Å². The first kappa shape index (κ1) is 14.8. The van der Waals surface area contributed by atoms with Crippen LogP contribution in [0.15, 0.2) is 57.5 Å². The summed E-state index contributed by atoms with van der Waals surface area (Å²) in [6, 6.07) is 14.0. The van der Waals surface area contributed by atoms with Crippen LogP contribution in [0.5, 0.6) is 0 Å². The number of benzene rings is 2. The predicted molar refractivity (Wildman–Crippen MR) is 94.5 cm³/mol. The lowest BCUT2D eigenvalue weighted by Crippen LogP contribution is -2.37. The molecule has 2 aromatic rings. The van der Waals surface area contributed by atoms with Gasteiger partial charge in [0.2, 0.25) is 0 Å². The quantitative estimate of drug-likeness (QED) is 0.772. The third-order valence-electron chi connectivity index (χ3n) is 3.85. The first-order chi connectivity index (χ1) is 10.1. The number of rotatable bonds is 2. The number of hydrogen-bond donors (Lipinski definition) is 1. The lowest BCUT2D eigenvalue weighted by Gasteiger charge is -2.34. The van der Waals surface area contributed by atoms with Gasteiger partial charge in [-0.15, -0.1) is 0 Å². The first-order valence-electron chi connectivity index (χ1n) is 6.71. The number of likely N-dealkylation sites (N-methyl/N-ethyl adjacent to an activating group) is 1. The summed E-state index contributed by atoms with van der Waals surface area (Å²) in [5.41, 5.74) is 3.08. The molecule has 1 N–H and O–H groups in total. The smallest absolute Gasteiger partial charge is 0.103 e. The third-order valence-corrected chi connectivity index (χ3v) is 5.70. The lowest BCUT2D eigenvalue weighted by atomic mass is 9.90. The molecule has 0 fully saturated rings. The summed E-state index contributed by atoms with van der Waals surface area (Å²) in [5, 5.41) is 10.7. The number of nitrogens with zero attached hydrogens (tertiary/aromatic N) is 1. The molecule has 0 saturated carbocycles. The maximum Gasteiger partial charge on any atom is 0.103 e. The van der Waals surface area contributed by atoms with E-state index in [1.54, 1.807) is 0 Å². The fourth-order valence-electron chi connectivity index (χ4n) is 2.65. The monoisotopic (exact) mass is 407 g/mol. The van der Waals surface area contributed by atoms with Crippen molar-refractivity contribution in [3.63, 3.8) is 0 Å². The Morgan fingerprint density at radius 3 is 2.43 bits per heavy atom. The van der Waals surface area contributed by atoms with Gasteiger partial charge in [-0.05, 0) is 67.3 Å². The summed E-state index contributed by atoms with van der Waals surface area (Å²) in [5.74, 6) is 0. The Morgan fingerprint density at radius 1 is 1.05 bits per heavy atom. The summed E-state index contributed by atoms with van der Waals surface area (Å²) in [7, 11) is 2.01. The number of fused-ring (bicyclic) bond motifs is 1. The zero-order valence-electron chi connectivity index (χ0n) is 11.5. The molecule has 1 aliphatic rings. The van der Waals surface area contributed by atoms with Gasteiger partial charge in [0.15, 0.2) is 0 Å². The van der Waals surface area contributed by atoms with Gasteiger partial charge in [0, 0.05) is 21.7 Å². The maximum absolute atomic E-state index is 10.7. The second kappa shape index (κ2) is 5.95. The van der Waals surface area contributed by atoms with Crippen LogP contribution >= 0.6 is 31.9 Å². The highest BCUT2D eigenvalue weighted by atomic mass is 79.9. The van der Waals surface area contributed by atoms with E-state index in [4.69, 9.17) is 0 Å². The molecule has 1 aliphatic carbocycles. The molecule has 0 heterocycles. The Bertz CT molecular complexity index is 685. The molecule has 2 aromatic carbocycles. The van der Waals surface area contributed by atoms with E-state index in [-0.39, 0.29) is 6.04 Å². The predicted octanol–water partition coefficient (Wildman–Crippen LogP) is 4.78. The molecule has 3 rings (SSSR count). The number of aliphatic hydroxyl groups is 1. The van der Waals surface area contributed by atoms with Crippen LogP contribution in [0.2, 0.25) is 0 Å². The van der Waals surface area contributed by atoms with Gasteiger partial charge >= 0.3 is 0 Å². The molecule has 0 unspecified atom stereocenters. The van der Waals surface area contributed by atoms with Gasteiger partial charge in [-0.25, -0.2) is 0 Å². The SMILES string of the molecule is CN(c1ccccc1)[C@@H]1C=Cc2cc(Br)c(Br)cc2[C@H]1O. The number of hydrogen-bond acceptors (Lipinski definition) is 2. The highest BCUT2D eigenvalue weighted by Crippen LogP contribution is 2.37. The summed E-state index contributed by atoms with van der Waals surface area (Å²) in [6.07, 6.45) is 3.57. The van der Waals surface area contributed by atoms with Gasteiger partial charge in [-0.2, -0.15) is 0 Å². The number of aliphatic hydroxyl groups excluding tert-OH is 1. The highest BCUT2D eigenvalue weighted by molar-refractivity contribution is 9.13. The Balaban J connectivity index is 1.96. The van der Waals surface area contributed by atoms with Crippen LogP contribution in [0.25, 0.3) is 6.08 Å². The fraction of sp³-hybridized carbons (Fsp3) is 0.176. The first-order valence-corrected chi connectivity index (χ1v) is 8.29. The standard InChI is InChI=1S/C17H15Br2NO/c1-20(12-5-3-2-4-6-12)16-8-7-11-9-14(18)15(19)10-13(11)17(16)21/h2-10,16-17,21H,1H3/t16-,17-/m1/s1. The third kappa shape index (κ3) is 2.80. The van der Waals surface area contributed by atoms with E-state index in [1.165, 1.54) is 0 Å². The number of halogens is 2. The molecule has 21 heavy (non-hydrogen) atoms. The van der Waals surface area contributed by atoms with Crippen molar-refractivity contribution in [2.75, 3.05) is 11.9 Å². The molecule has 0 saturated heterocycles. The minimum atomic E-state index is -0.556. The van der Waals surface area contributed by atoms with E-state index in [1.807, 2.05) is 49.5 Å². The Hall–Kier alpha value is -1.10. The van der Waals surface area contributed by atoms with Crippen molar-refractivity contribution in [2.45, 2.75) is 12.1 Å². The largest absolute Gasteiger partial charge is 0.386 e. The van der Waals surface area contributed by atoms with Crippen molar-refractivity contribution in [3.8, 4) is 0 Å². The van der Waals surface area contributed by atoms with Crippen LogP contribution in [0.1, 0.15) is 17.2 Å². The van der Waals surface area contributed by atoms with Crippen molar-refractivity contribution in [1.82, 2.24) is 0 Å². The second-order valence-corrected chi connectivity index (χ2v) is 6.84. The van der Waals surface area contributed by atoms with E-state index in [2.05, 4.69) is 48.9 Å². The van der Waals surface area contributed by atoms with E-state index in [0.717, 1.165) is 25.8 Å². The van der Waals surface area contributed by atoms with Crippen molar-refractivity contribution in [1.29, 1.82) is 0 Å². The maximum atomic E-state index is 10.7. The molecular weight excluding hydrogens is 394 g/mol. The Kier molecular flexibility index (Phi) is 4.20. The second-order valence-electron chi connectivity index (χ2n) is 5.14. The average molecular weight is 409 g/mol. The number of anilines is 1. The molecule has 0 amide bonds. The minimum absolute atomic E-state index is 0.0759. The van der Waals surface area contributed by atoms with E-state index in [9.17, 15) is 5.11 Å². The van der Waals surface area contributed by atoms with Crippen LogP contribution in [0.3, 0.4) is 0 Å². The van der Waals surface area contributed by atoms with Crippen LogP contribution in [0, 0.1) is 0 Å². The summed E-state index contributed by atoms with van der Waals surface area (Å²) >= 11 is 7.01. The summed E-state index contributed by atoms with van der Waals surface area (Å²) < 4.78 is 1.95. The van der Waals surface area contributed by atoms with E-state index < -0.39 is 6.10 Å². The van der Waals surface area contributed by atoms with E-state index >= 15 is 0 Å². The molecule has 2 atom stereocenters. The molecule has 0 bridgehead atoms. The topological polar surface area (TPSA) is 23.5 Å². The normalized spacial score (nSPS) is 20.2. The average Bonchev–Trinajstić information content (AvgIpc) is 2.50. The number of para-hydroxylation sites is 1. The van der Waals surface area contributed by atoms with E-state index in [0.29, 0.717) is 0 Å². The molecule has 108 valence electrons. The van der Waals surface area contributed by atoms with Gasteiger partial charge in [0.1, 0.15) is 6.10 Å². The van der Waals surface area contributed by atoms with Gasteiger partial charge in [0.25, 0.3) is 0 Å². The molecular formula is C17H15Br2NO. The summed E-state index contributed by atoms with van der Waals surface area (Å²) in [6.45, 7) is 0. The highest BCUT2D eigenvalue weighted by Gasteiger charge is 2.28. The Labute approximate surface area is 141 Å². The van der Waals surface area contributed by atoms with Crippen LogP contribution in [-0.4, -0.2) is 18.2 Å². The molecule has 0 spiro atoms.